The van der Waals surface area contributed by atoms with Gasteiger partial charge in [0.1, 0.15) is 0 Å². The molecule has 1 N–H and O–H groups in total. The van der Waals surface area contributed by atoms with E-state index < -0.39 is 11.2 Å². The molecule has 0 bridgehead atoms. The third-order valence-electron chi connectivity index (χ3n) is 5.91. The van der Waals surface area contributed by atoms with Crippen LogP contribution < -0.4 is 5.43 Å². The second-order valence-corrected chi connectivity index (χ2v) is 7.86. The van der Waals surface area contributed by atoms with Crippen LogP contribution in [0.3, 0.4) is 0 Å². The Labute approximate surface area is 181 Å². The molecule has 3 aromatic rings. The van der Waals surface area contributed by atoms with Crippen LogP contribution in [0.4, 0.5) is 0 Å². The summed E-state index contributed by atoms with van der Waals surface area (Å²) < 4.78 is 6.99. The first-order valence-electron chi connectivity index (χ1n) is 10.4. The van der Waals surface area contributed by atoms with Crippen molar-refractivity contribution in [1.29, 1.82) is 0 Å². The maximum absolute atomic E-state index is 13.2. The Balaban J connectivity index is 1.93. The molecule has 160 valence electrons. The maximum atomic E-state index is 13.2. The predicted octanol–water partition coefficient (Wildman–Crippen LogP) is 3.34. The molecular formula is C25H26N2O4. The van der Waals surface area contributed by atoms with Crippen molar-refractivity contribution in [3.05, 3.63) is 99.5 Å². The number of benzene rings is 2. The lowest BCUT2D eigenvalue weighted by atomic mass is 9.83. The van der Waals surface area contributed by atoms with E-state index in [1.165, 1.54) is 0 Å². The van der Waals surface area contributed by atoms with Gasteiger partial charge in [0.05, 0.1) is 12.6 Å². The lowest BCUT2D eigenvalue weighted by Gasteiger charge is -2.40. The van der Waals surface area contributed by atoms with Gasteiger partial charge in [-0.25, -0.2) is 0 Å². The number of aromatic nitrogens is 1. The largest absolute Gasteiger partial charge is 0.503 e. The Bertz CT molecular complexity index is 1090. The lowest BCUT2D eigenvalue weighted by molar-refractivity contribution is 0.0582. The van der Waals surface area contributed by atoms with Gasteiger partial charge >= 0.3 is 0 Å². The molecule has 1 aliphatic rings. The number of carbonyl (C=O) groups is 1. The fraction of sp³-hybridized carbons (Fsp3) is 0.280. The van der Waals surface area contributed by atoms with Gasteiger partial charge in [0.25, 0.3) is 5.91 Å². The number of ether oxygens (including phenoxy) is 1. The third kappa shape index (κ3) is 3.86. The highest BCUT2D eigenvalue weighted by Gasteiger charge is 2.38. The van der Waals surface area contributed by atoms with Gasteiger partial charge in [0, 0.05) is 37.9 Å². The van der Waals surface area contributed by atoms with E-state index in [1.807, 2.05) is 36.4 Å². The summed E-state index contributed by atoms with van der Waals surface area (Å²) in [5, 5.41) is 10.7. The Kier molecular flexibility index (Phi) is 5.91. The minimum Gasteiger partial charge on any atom is -0.503 e. The number of nitrogens with zero attached hydrogens (tertiary/aromatic N) is 2. The van der Waals surface area contributed by atoms with E-state index in [4.69, 9.17) is 4.74 Å². The molecule has 0 saturated carbocycles. The maximum Gasteiger partial charge on any atom is 0.274 e. The Morgan fingerprint density at radius 3 is 2.16 bits per heavy atom. The van der Waals surface area contributed by atoms with Crippen molar-refractivity contribution in [2.45, 2.75) is 18.9 Å². The summed E-state index contributed by atoms with van der Waals surface area (Å²) in [5.74, 6) is -0.930. The van der Waals surface area contributed by atoms with Gasteiger partial charge in [-0.2, -0.15) is 0 Å². The molecule has 31 heavy (non-hydrogen) atoms. The number of rotatable bonds is 6. The summed E-state index contributed by atoms with van der Waals surface area (Å²) in [6.45, 7) is 2.85. The zero-order valence-corrected chi connectivity index (χ0v) is 17.7. The van der Waals surface area contributed by atoms with E-state index in [2.05, 4.69) is 24.3 Å². The summed E-state index contributed by atoms with van der Waals surface area (Å²) in [7, 11) is 1.59. The molecule has 1 aromatic heterocycles. The normalized spacial score (nSPS) is 15.9. The van der Waals surface area contributed by atoms with Crippen LogP contribution in [-0.2, 0) is 4.74 Å². The molecular weight excluding hydrogens is 392 g/mol. The van der Waals surface area contributed by atoms with Gasteiger partial charge < -0.3 is 19.3 Å². The molecule has 0 unspecified atom stereocenters. The van der Waals surface area contributed by atoms with Gasteiger partial charge in [0.15, 0.2) is 11.4 Å². The number of aryl methyl sites for hydroxylation is 1. The SMILES string of the molecule is COCCN1C[C@H](C(c2ccccc2)c2ccccc2)n2cc(C)c(=O)c(O)c2C1=O. The second kappa shape index (κ2) is 8.78. The molecule has 0 fully saturated rings. The smallest absolute Gasteiger partial charge is 0.274 e. The molecule has 6 nitrogen and oxygen atoms in total. The van der Waals surface area contributed by atoms with E-state index in [9.17, 15) is 14.7 Å². The molecule has 0 saturated heterocycles. The van der Waals surface area contributed by atoms with Gasteiger partial charge in [-0.15, -0.1) is 0 Å². The second-order valence-electron chi connectivity index (χ2n) is 7.86. The van der Waals surface area contributed by atoms with Crippen molar-refractivity contribution in [3.63, 3.8) is 0 Å². The molecule has 1 amide bonds. The average molecular weight is 418 g/mol. The fourth-order valence-electron chi connectivity index (χ4n) is 4.39. The van der Waals surface area contributed by atoms with E-state index >= 15 is 0 Å². The van der Waals surface area contributed by atoms with Crippen molar-refractivity contribution in [3.8, 4) is 5.75 Å². The van der Waals surface area contributed by atoms with Crippen LogP contribution in [0, 0.1) is 6.92 Å². The molecule has 4 rings (SSSR count). The van der Waals surface area contributed by atoms with Crippen LogP contribution in [0.5, 0.6) is 5.75 Å². The third-order valence-corrected chi connectivity index (χ3v) is 5.91. The van der Waals surface area contributed by atoms with Crippen LogP contribution >= 0.6 is 0 Å². The molecule has 0 aliphatic carbocycles. The zero-order valence-electron chi connectivity index (χ0n) is 17.7. The first kappa shape index (κ1) is 20.9. The molecule has 0 spiro atoms. The summed E-state index contributed by atoms with van der Waals surface area (Å²) in [6, 6.07) is 20.0. The molecule has 6 heteroatoms. The van der Waals surface area contributed by atoms with Crippen molar-refractivity contribution in [2.75, 3.05) is 26.8 Å². The van der Waals surface area contributed by atoms with Crippen molar-refractivity contribution in [2.24, 2.45) is 0 Å². The summed E-state index contributed by atoms with van der Waals surface area (Å²) in [5.41, 5.74) is 2.13. The predicted molar refractivity (Wildman–Crippen MR) is 119 cm³/mol. The van der Waals surface area contributed by atoms with Crippen molar-refractivity contribution in [1.82, 2.24) is 9.47 Å². The Morgan fingerprint density at radius 2 is 1.61 bits per heavy atom. The summed E-state index contributed by atoms with van der Waals surface area (Å²) >= 11 is 0. The van der Waals surface area contributed by atoms with Crippen LogP contribution in [0.2, 0.25) is 0 Å². The van der Waals surface area contributed by atoms with E-state index in [-0.39, 0.29) is 23.6 Å². The lowest BCUT2D eigenvalue weighted by Crippen LogP contribution is -2.47. The number of fused-ring (bicyclic) bond motifs is 1. The first-order valence-corrected chi connectivity index (χ1v) is 10.4. The van der Waals surface area contributed by atoms with Crippen LogP contribution in [0.1, 0.15) is 39.1 Å². The van der Waals surface area contributed by atoms with Crippen LogP contribution in [0.25, 0.3) is 0 Å². The van der Waals surface area contributed by atoms with Gasteiger partial charge in [0.2, 0.25) is 5.43 Å². The van der Waals surface area contributed by atoms with Crippen LogP contribution in [0.15, 0.2) is 71.7 Å². The first-order chi connectivity index (χ1) is 15.0. The summed E-state index contributed by atoms with van der Waals surface area (Å²) in [6.07, 6.45) is 1.70. The zero-order chi connectivity index (χ0) is 22.0. The molecule has 2 aromatic carbocycles. The highest BCUT2D eigenvalue weighted by molar-refractivity contribution is 5.96. The minimum absolute atomic E-state index is 0.0415. The summed E-state index contributed by atoms with van der Waals surface area (Å²) in [4.78, 5) is 27.3. The Hall–Kier alpha value is -3.38. The number of carbonyl (C=O) groups excluding carboxylic acids is 1. The topological polar surface area (TPSA) is 71.8 Å². The minimum atomic E-state index is -0.511. The molecule has 0 radical (unpaired) electrons. The number of amides is 1. The van der Waals surface area contributed by atoms with Gasteiger partial charge in [-0.3, -0.25) is 9.59 Å². The molecule has 1 aliphatic heterocycles. The number of aromatic hydroxyl groups is 1. The van der Waals surface area contributed by atoms with E-state index in [0.717, 1.165) is 11.1 Å². The quantitative estimate of drug-likeness (QED) is 0.667. The number of pyridine rings is 1. The van der Waals surface area contributed by atoms with E-state index in [1.54, 1.807) is 29.7 Å². The Morgan fingerprint density at radius 1 is 1.03 bits per heavy atom. The highest BCUT2D eigenvalue weighted by atomic mass is 16.5. The monoisotopic (exact) mass is 418 g/mol. The number of methoxy groups -OCH3 is 1. The highest BCUT2D eigenvalue weighted by Crippen LogP contribution is 2.40. The number of hydrogen-bond donors (Lipinski definition) is 1. The van der Waals surface area contributed by atoms with Crippen molar-refractivity contribution >= 4 is 5.91 Å². The molecule has 1 atom stereocenters. The van der Waals surface area contributed by atoms with Crippen LogP contribution in [-0.4, -0.2) is 47.3 Å². The fourth-order valence-corrected chi connectivity index (χ4v) is 4.39. The molecule has 2 heterocycles. The van der Waals surface area contributed by atoms with Gasteiger partial charge in [-0.05, 0) is 18.1 Å². The average Bonchev–Trinajstić information content (AvgIpc) is 2.79. The standard InChI is InChI=1S/C25H26N2O4/c1-17-15-27-20(16-26(13-14-31-2)25(30)22(27)24(29)23(17)28)21(18-9-5-3-6-10-18)19-11-7-4-8-12-19/h3-12,15,20-21,29H,13-14,16H2,1-2H3/t20-/m1/s1. The van der Waals surface area contributed by atoms with Gasteiger partial charge in [-0.1, -0.05) is 60.7 Å². The van der Waals surface area contributed by atoms with E-state index in [0.29, 0.717) is 25.3 Å². The number of hydrogen-bond acceptors (Lipinski definition) is 4. The van der Waals surface area contributed by atoms with Crippen molar-refractivity contribution < 1.29 is 14.6 Å².